The van der Waals surface area contributed by atoms with Crippen LogP contribution in [0.2, 0.25) is 0 Å². The van der Waals surface area contributed by atoms with E-state index in [0.717, 1.165) is 19.6 Å². The molecule has 0 saturated carbocycles. The van der Waals surface area contributed by atoms with Crippen molar-refractivity contribution < 1.29 is 0 Å². The van der Waals surface area contributed by atoms with Crippen LogP contribution in [-0.2, 0) is 0 Å². The van der Waals surface area contributed by atoms with E-state index in [9.17, 15) is 0 Å². The zero-order valence-corrected chi connectivity index (χ0v) is 6.15. The molecule has 0 saturated heterocycles. The van der Waals surface area contributed by atoms with Gasteiger partial charge >= 0.3 is 0 Å². The fourth-order valence-electron chi connectivity index (χ4n) is 0.477. The second-order valence-electron chi connectivity index (χ2n) is 1.65. The van der Waals surface area contributed by atoms with E-state index in [0.29, 0.717) is 0 Å². The summed E-state index contributed by atoms with van der Waals surface area (Å²) in [4.78, 5) is 0. The smallest absolute Gasteiger partial charge is 0.0454 e. The molecule has 0 bridgehead atoms. The molecule has 0 fully saturated rings. The summed E-state index contributed by atoms with van der Waals surface area (Å²) < 4.78 is 0. The van der Waals surface area contributed by atoms with Gasteiger partial charge in [-0.3, -0.25) is 0 Å². The Bertz CT molecular complexity index is 70.7. The maximum atomic E-state index is 3.83. The predicted molar refractivity (Wildman–Crippen MR) is 40.7 cm³/mol. The molecule has 0 aromatic carbocycles. The van der Waals surface area contributed by atoms with Gasteiger partial charge in [-0.1, -0.05) is 6.92 Å². The molecule has 0 aliphatic rings. The molecule has 9 heavy (non-hydrogen) atoms. The van der Waals surface area contributed by atoms with Crippen molar-refractivity contribution in [2.24, 2.45) is 5.10 Å². The van der Waals surface area contributed by atoms with E-state index in [4.69, 9.17) is 0 Å². The van der Waals surface area contributed by atoms with Gasteiger partial charge in [0.25, 0.3) is 0 Å². The molecule has 0 rings (SSSR count). The van der Waals surface area contributed by atoms with E-state index in [-0.39, 0.29) is 0 Å². The largest absolute Gasteiger partial charge is 0.315 e. The van der Waals surface area contributed by atoms with Crippen molar-refractivity contribution in [1.82, 2.24) is 10.7 Å². The zero-order chi connectivity index (χ0) is 6.95. The van der Waals surface area contributed by atoms with Gasteiger partial charge in [0.1, 0.15) is 0 Å². The summed E-state index contributed by atoms with van der Waals surface area (Å²) in [6.07, 6.45) is 1.74. The number of nitrogens with one attached hydrogen (secondary N) is 2. The van der Waals surface area contributed by atoms with Crippen LogP contribution < -0.4 is 10.7 Å². The molecule has 2 N–H and O–H groups in total. The van der Waals surface area contributed by atoms with E-state index < -0.39 is 0 Å². The monoisotopic (exact) mass is 129 g/mol. The van der Waals surface area contributed by atoms with Crippen LogP contribution in [0, 0.1) is 0 Å². The van der Waals surface area contributed by atoms with Crippen LogP contribution in [0.5, 0.6) is 0 Å². The third kappa shape index (κ3) is 7.43. The molecular formula is C6H15N3. The third-order valence-corrected chi connectivity index (χ3v) is 0.884. The summed E-state index contributed by atoms with van der Waals surface area (Å²) in [5.41, 5.74) is 2.88. The highest BCUT2D eigenvalue weighted by atomic mass is 15.3. The normalized spacial score (nSPS) is 10.4. The number of hydrazone groups is 1. The zero-order valence-electron chi connectivity index (χ0n) is 6.15. The van der Waals surface area contributed by atoms with Crippen molar-refractivity contribution in [3.8, 4) is 0 Å². The van der Waals surface area contributed by atoms with Crippen LogP contribution in [-0.4, -0.2) is 25.8 Å². The van der Waals surface area contributed by atoms with Crippen LogP contribution in [0.4, 0.5) is 0 Å². The fraction of sp³-hybridized carbons (Fsp3) is 0.833. The Labute approximate surface area is 56.5 Å². The number of hydrogen-bond donors (Lipinski definition) is 2. The highest BCUT2D eigenvalue weighted by Gasteiger charge is 1.78. The Kier molecular flexibility index (Phi) is 6.96. The number of likely N-dealkylation sites (N-methyl/N-ethyl adjacent to an activating group) is 1. The molecule has 0 unspecified atom stereocenters. The second-order valence-corrected chi connectivity index (χ2v) is 1.65. The number of rotatable bonds is 5. The van der Waals surface area contributed by atoms with E-state index in [1.807, 2.05) is 6.92 Å². The van der Waals surface area contributed by atoms with Gasteiger partial charge in [-0.05, 0) is 13.5 Å². The predicted octanol–water partition coefficient (Wildman–Crippen LogP) is 0.191. The van der Waals surface area contributed by atoms with Crippen LogP contribution in [0.25, 0.3) is 0 Å². The summed E-state index contributed by atoms with van der Waals surface area (Å²) >= 11 is 0. The van der Waals surface area contributed by atoms with Gasteiger partial charge in [-0.15, -0.1) is 0 Å². The van der Waals surface area contributed by atoms with Gasteiger partial charge in [-0.2, -0.15) is 5.10 Å². The Morgan fingerprint density at radius 2 is 2.22 bits per heavy atom. The summed E-state index contributed by atoms with van der Waals surface area (Å²) in [6.45, 7) is 6.88. The maximum absolute atomic E-state index is 3.83. The molecular weight excluding hydrogens is 114 g/mol. The molecule has 54 valence electrons. The van der Waals surface area contributed by atoms with Crippen LogP contribution in [0.3, 0.4) is 0 Å². The minimum absolute atomic E-state index is 0.901. The lowest BCUT2D eigenvalue weighted by Gasteiger charge is -1.98. The second kappa shape index (κ2) is 7.43. The first kappa shape index (κ1) is 8.43. The van der Waals surface area contributed by atoms with Crippen LogP contribution in [0.15, 0.2) is 5.10 Å². The molecule has 0 atom stereocenters. The van der Waals surface area contributed by atoms with Gasteiger partial charge in [0.05, 0.1) is 0 Å². The average molecular weight is 129 g/mol. The summed E-state index contributed by atoms with van der Waals surface area (Å²) in [6, 6.07) is 0. The molecule has 0 aromatic heterocycles. The standard InChI is InChI=1S/C6H15N3/c1-3-7-5-6-9-8-4-2/h4,7,9H,3,5-6H2,1-2H3/b8-4+. The van der Waals surface area contributed by atoms with Crippen molar-refractivity contribution in [3.05, 3.63) is 0 Å². The van der Waals surface area contributed by atoms with E-state index in [1.165, 1.54) is 0 Å². The minimum atomic E-state index is 0.901. The van der Waals surface area contributed by atoms with Crippen molar-refractivity contribution in [2.75, 3.05) is 19.6 Å². The Hall–Kier alpha value is -0.570. The molecule has 0 heterocycles. The highest BCUT2D eigenvalue weighted by molar-refractivity contribution is 5.52. The van der Waals surface area contributed by atoms with Gasteiger partial charge in [0.15, 0.2) is 0 Å². The molecule has 3 nitrogen and oxygen atoms in total. The molecule has 0 aliphatic heterocycles. The quantitative estimate of drug-likeness (QED) is 0.316. The number of nitrogens with zero attached hydrogens (tertiary/aromatic N) is 1. The molecule has 0 aromatic rings. The Balaban J connectivity index is 2.75. The van der Waals surface area contributed by atoms with E-state index in [2.05, 4.69) is 22.8 Å². The molecule has 0 spiro atoms. The molecule has 0 radical (unpaired) electrons. The fourth-order valence-corrected chi connectivity index (χ4v) is 0.477. The molecule has 3 heteroatoms. The Morgan fingerprint density at radius 1 is 1.44 bits per heavy atom. The van der Waals surface area contributed by atoms with Gasteiger partial charge < -0.3 is 10.7 Å². The van der Waals surface area contributed by atoms with Gasteiger partial charge in [0, 0.05) is 19.3 Å². The molecule has 0 amide bonds. The topological polar surface area (TPSA) is 36.4 Å². The first-order valence-electron chi connectivity index (χ1n) is 3.33. The SMILES string of the molecule is C/C=N/NCCNCC. The van der Waals surface area contributed by atoms with Gasteiger partial charge in [-0.25, -0.2) is 0 Å². The summed E-state index contributed by atoms with van der Waals surface area (Å²) in [5.74, 6) is 0. The van der Waals surface area contributed by atoms with Crippen LogP contribution >= 0.6 is 0 Å². The van der Waals surface area contributed by atoms with Crippen LogP contribution in [0.1, 0.15) is 13.8 Å². The third-order valence-electron chi connectivity index (χ3n) is 0.884. The van der Waals surface area contributed by atoms with E-state index in [1.54, 1.807) is 6.21 Å². The minimum Gasteiger partial charge on any atom is -0.315 e. The maximum Gasteiger partial charge on any atom is 0.0454 e. The molecule has 0 aliphatic carbocycles. The summed E-state index contributed by atoms with van der Waals surface area (Å²) in [5, 5.41) is 7.00. The van der Waals surface area contributed by atoms with Crippen molar-refractivity contribution in [3.63, 3.8) is 0 Å². The van der Waals surface area contributed by atoms with E-state index >= 15 is 0 Å². The van der Waals surface area contributed by atoms with Crippen molar-refractivity contribution >= 4 is 6.21 Å². The average Bonchev–Trinajstić information content (AvgIpc) is 1.89. The lowest BCUT2D eigenvalue weighted by molar-refractivity contribution is 0.648. The first-order chi connectivity index (χ1) is 4.41. The van der Waals surface area contributed by atoms with Gasteiger partial charge in [0.2, 0.25) is 0 Å². The summed E-state index contributed by atoms with van der Waals surface area (Å²) in [7, 11) is 0. The number of hydrogen-bond acceptors (Lipinski definition) is 3. The Morgan fingerprint density at radius 3 is 2.78 bits per heavy atom. The lowest BCUT2D eigenvalue weighted by Crippen LogP contribution is -2.23. The highest BCUT2D eigenvalue weighted by Crippen LogP contribution is 1.58. The van der Waals surface area contributed by atoms with Crippen molar-refractivity contribution in [2.45, 2.75) is 13.8 Å². The van der Waals surface area contributed by atoms with Crippen molar-refractivity contribution in [1.29, 1.82) is 0 Å². The first-order valence-corrected chi connectivity index (χ1v) is 3.33. The lowest BCUT2D eigenvalue weighted by atomic mass is 10.6.